The van der Waals surface area contributed by atoms with Crippen molar-refractivity contribution in [3.05, 3.63) is 36.4 Å². The van der Waals surface area contributed by atoms with Crippen LogP contribution >= 0.6 is 12.4 Å². The molecule has 0 saturated heterocycles. The Kier molecular flexibility index (Phi) is 2.81. The van der Waals surface area contributed by atoms with Crippen molar-refractivity contribution < 1.29 is 0 Å². The monoisotopic (exact) mass is 248 g/mol. The Bertz CT molecular complexity index is 653. The Morgan fingerprint density at radius 1 is 1.24 bits per heavy atom. The number of nitrogens with one attached hydrogen (secondary N) is 1. The molecule has 0 spiro atoms. The normalized spacial score (nSPS) is 10.4. The topological polar surface area (TPSA) is 59.6 Å². The second-order valence-corrected chi connectivity index (χ2v) is 3.85. The summed E-state index contributed by atoms with van der Waals surface area (Å²) >= 11 is 0. The van der Waals surface area contributed by atoms with Gasteiger partial charge in [0.25, 0.3) is 0 Å². The van der Waals surface area contributed by atoms with E-state index in [2.05, 4.69) is 33.0 Å². The van der Waals surface area contributed by atoms with E-state index >= 15 is 0 Å². The molecule has 0 atom stereocenters. The molecule has 4 nitrogen and oxygen atoms in total. The predicted molar refractivity (Wildman–Crippen MR) is 72.2 cm³/mol. The summed E-state index contributed by atoms with van der Waals surface area (Å²) in [5.74, 6) is 0.514. The van der Waals surface area contributed by atoms with Crippen LogP contribution in [-0.2, 0) is 7.05 Å². The molecule has 0 fully saturated rings. The largest absolute Gasteiger partial charge is 0.382 e. The van der Waals surface area contributed by atoms with Crippen molar-refractivity contribution in [1.82, 2.24) is 14.8 Å². The molecule has 0 aliphatic carbocycles. The second-order valence-electron chi connectivity index (χ2n) is 3.85. The summed E-state index contributed by atoms with van der Waals surface area (Å²) in [5.41, 5.74) is 8.84. The van der Waals surface area contributed by atoms with Gasteiger partial charge in [0.15, 0.2) is 0 Å². The first-order chi connectivity index (χ1) is 7.75. The van der Waals surface area contributed by atoms with Crippen molar-refractivity contribution in [2.45, 2.75) is 0 Å². The predicted octanol–water partition coefficient (Wildman–Crippen LogP) is 2.57. The van der Waals surface area contributed by atoms with Gasteiger partial charge in [0.05, 0.1) is 11.4 Å². The number of nitrogen functional groups attached to an aromatic ring is 1. The number of para-hydroxylation sites is 1. The van der Waals surface area contributed by atoms with E-state index in [-0.39, 0.29) is 12.4 Å². The van der Waals surface area contributed by atoms with Crippen LogP contribution in [0.5, 0.6) is 0 Å². The molecular weight excluding hydrogens is 236 g/mol. The van der Waals surface area contributed by atoms with Crippen LogP contribution in [0.25, 0.3) is 22.3 Å². The third kappa shape index (κ3) is 1.76. The molecule has 3 N–H and O–H groups in total. The molecule has 0 aliphatic heterocycles. The smallest absolute Gasteiger partial charge is 0.145 e. The van der Waals surface area contributed by atoms with Crippen LogP contribution in [0.15, 0.2) is 36.4 Å². The van der Waals surface area contributed by atoms with Crippen molar-refractivity contribution >= 4 is 29.1 Å². The molecular formula is C12H13ClN4. The highest BCUT2D eigenvalue weighted by molar-refractivity contribution is 5.86. The van der Waals surface area contributed by atoms with Crippen LogP contribution in [0.1, 0.15) is 0 Å². The number of nitrogens with two attached hydrogens (primary N) is 1. The fourth-order valence-corrected chi connectivity index (χ4v) is 2.02. The summed E-state index contributed by atoms with van der Waals surface area (Å²) in [7, 11) is 2.04. The summed E-state index contributed by atoms with van der Waals surface area (Å²) < 4.78 is 2.13. The van der Waals surface area contributed by atoms with E-state index in [1.54, 1.807) is 0 Å². The van der Waals surface area contributed by atoms with E-state index in [9.17, 15) is 0 Å². The van der Waals surface area contributed by atoms with Gasteiger partial charge in [-0.25, -0.2) is 0 Å². The number of anilines is 1. The summed E-state index contributed by atoms with van der Waals surface area (Å²) in [6.07, 6.45) is 0. The zero-order valence-corrected chi connectivity index (χ0v) is 10.2. The van der Waals surface area contributed by atoms with Crippen molar-refractivity contribution in [1.29, 1.82) is 0 Å². The molecule has 1 aromatic carbocycles. The molecule has 0 bridgehead atoms. The number of aryl methyl sites for hydroxylation is 1. The third-order valence-electron chi connectivity index (χ3n) is 2.83. The van der Waals surface area contributed by atoms with E-state index in [0.717, 1.165) is 11.4 Å². The SMILES string of the molecule is Cl.Cn1c(-c2cc(N)n[nH]2)cc2ccccc21. The number of rotatable bonds is 1. The zero-order chi connectivity index (χ0) is 11.1. The minimum Gasteiger partial charge on any atom is -0.382 e. The standard InChI is InChI=1S/C12H12N4.ClH/c1-16-10-5-3-2-4-8(10)6-11(16)9-7-12(13)15-14-9;/h2-7H,1H3,(H3,13,14,15);1H. The number of fused-ring (bicyclic) bond motifs is 1. The maximum atomic E-state index is 5.61. The Balaban J connectivity index is 0.00000108. The van der Waals surface area contributed by atoms with Crippen molar-refractivity contribution in [3.63, 3.8) is 0 Å². The van der Waals surface area contributed by atoms with Gasteiger partial charge in [0.2, 0.25) is 0 Å². The molecule has 3 rings (SSSR count). The molecule has 0 saturated carbocycles. The van der Waals surface area contributed by atoms with Gasteiger partial charge in [-0.1, -0.05) is 18.2 Å². The lowest BCUT2D eigenvalue weighted by atomic mass is 10.2. The quantitative estimate of drug-likeness (QED) is 0.695. The number of nitrogens with zero attached hydrogens (tertiary/aromatic N) is 2. The first-order valence-electron chi connectivity index (χ1n) is 5.11. The lowest BCUT2D eigenvalue weighted by molar-refractivity contribution is 0.964. The maximum absolute atomic E-state index is 5.61. The Labute approximate surface area is 105 Å². The number of benzene rings is 1. The number of aromatic nitrogens is 3. The molecule has 5 heteroatoms. The Morgan fingerprint density at radius 3 is 2.65 bits per heavy atom. The molecule has 0 unspecified atom stereocenters. The average molecular weight is 249 g/mol. The van der Waals surface area contributed by atoms with E-state index < -0.39 is 0 Å². The van der Waals surface area contributed by atoms with Crippen LogP contribution in [0, 0.1) is 0 Å². The van der Waals surface area contributed by atoms with Crippen LogP contribution in [0.2, 0.25) is 0 Å². The molecule has 2 aromatic heterocycles. The third-order valence-corrected chi connectivity index (χ3v) is 2.83. The minimum atomic E-state index is 0. The maximum Gasteiger partial charge on any atom is 0.145 e. The van der Waals surface area contributed by atoms with Gasteiger partial charge in [0, 0.05) is 24.0 Å². The fourth-order valence-electron chi connectivity index (χ4n) is 2.02. The van der Waals surface area contributed by atoms with E-state index in [0.29, 0.717) is 5.82 Å². The summed E-state index contributed by atoms with van der Waals surface area (Å²) in [6.45, 7) is 0. The van der Waals surface area contributed by atoms with Crippen molar-refractivity contribution in [2.75, 3.05) is 5.73 Å². The number of H-pyrrole nitrogens is 1. The van der Waals surface area contributed by atoms with Gasteiger partial charge in [0.1, 0.15) is 5.82 Å². The van der Waals surface area contributed by atoms with Crippen molar-refractivity contribution in [3.8, 4) is 11.4 Å². The lowest BCUT2D eigenvalue weighted by Crippen LogP contribution is -1.90. The molecule has 17 heavy (non-hydrogen) atoms. The van der Waals surface area contributed by atoms with Crippen LogP contribution in [0.4, 0.5) is 5.82 Å². The molecule has 0 aliphatic rings. The summed E-state index contributed by atoms with van der Waals surface area (Å²) in [6, 6.07) is 12.2. The van der Waals surface area contributed by atoms with Crippen molar-refractivity contribution in [2.24, 2.45) is 7.05 Å². The van der Waals surface area contributed by atoms with Gasteiger partial charge >= 0.3 is 0 Å². The molecule has 3 aromatic rings. The Morgan fingerprint density at radius 2 is 2.00 bits per heavy atom. The highest BCUT2D eigenvalue weighted by atomic mass is 35.5. The van der Waals surface area contributed by atoms with E-state index in [4.69, 9.17) is 5.73 Å². The van der Waals surface area contributed by atoms with Gasteiger partial charge in [-0.05, 0) is 12.1 Å². The number of halogens is 1. The highest BCUT2D eigenvalue weighted by Crippen LogP contribution is 2.26. The molecule has 2 heterocycles. The van der Waals surface area contributed by atoms with Gasteiger partial charge in [-0.3, -0.25) is 5.10 Å². The average Bonchev–Trinajstić information content (AvgIpc) is 2.84. The number of aromatic amines is 1. The van der Waals surface area contributed by atoms with Crippen LogP contribution in [-0.4, -0.2) is 14.8 Å². The number of hydrogen-bond acceptors (Lipinski definition) is 2. The summed E-state index contributed by atoms with van der Waals surface area (Å²) in [5, 5.41) is 8.09. The van der Waals surface area contributed by atoms with Gasteiger partial charge in [-0.15, -0.1) is 12.4 Å². The highest BCUT2D eigenvalue weighted by Gasteiger charge is 2.08. The fraction of sp³-hybridized carbons (Fsp3) is 0.0833. The van der Waals surface area contributed by atoms with Gasteiger partial charge in [-0.2, -0.15) is 5.10 Å². The first kappa shape index (κ1) is 11.5. The lowest BCUT2D eigenvalue weighted by Gasteiger charge is -2.00. The van der Waals surface area contributed by atoms with E-state index in [1.807, 2.05) is 25.2 Å². The second kappa shape index (κ2) is 4.14. The van der Waals surface area contributed by atoms with E-state index in [1.165, 1.54) is 10.9 Å². The number of hydrogen-bond donors (Lipinski definition) is 2. The van der Waals surface area contributed by atoms with Crippen LogP contribution < -0.4 is 5.73 Å². The minimum absolute atomic E-state index is 0. The molecule has 88 valence electrons. The van der Waals surface area contributed by atoms with Crippen LogP contribution in [0.3, 0.4) is 0 Å². The molecule has 0 radical (unpaired) electrons. The van der Waals surface area contributed by atoms with Gasteiger partial charge < -0.3 is 10.3 Å². The Hall–Kier alpha value is -1.94. The first-order valence-corrected chi connectivity index (χ1v) is 5.11. The zero-order valence-electron chi connectivity index (χ0n) is 9.34. The molecule has 0 amide bonds. The summed E-state index contributed by atoms with van der Waals surface area (Å²) in [4.78, 5) is 0.